The second-order valence-electron chi connectivity index (χ2n) is 5.73. The summed E-state index contributed by atoms with van der Waals surface area (Å²) in [5.74, 6) is 0.589. The van der Waals surface area contributed by atoms with E-state index in [2.05, 4.69) is 10.3 Å². The predicted molar refractivity (Wildman–Crippen MR) is 81.7 cm³/mol. The van der Waals surface area contributed by atoms with Crippen molar-refractivity contribution in [2.45, 2.75) is 38.6 Å². The summed E-state index contributed by atoms with van der Waals surface area (Å²) < 4.78 is 6.97. The molecule has 1 fully saturated rings. The highest BCUT2D eigenvalue weighted by Crippen LogP contribution is 2.32. The number of likely N-dealkylation sites (tertiary alicyclic amines) is 1. The maximum absolute atomic E-state index is 12.9. The molecule has 7 heteroatoms. The van der Waals surface area contributed by atoms with Gasteiger partial charge in [0.05, 0.1) is 16.8 Å². The van der Waals surface area contributed by atoms with Gasteiger partial charge in [0.1, 0.15) is 0 Å². The summed E-state index contributed by atoms with van der Waals surface area (Å²) >= 11 is 6.13. The fraction of sp³-hybridized carbons (Fsp3) is 0.533. The van der Waals surface area contributed by atoms with E-state index in [0.717, 1.165) is 37.1 Å². The highest BCUT2D eigenvalue weighted by molar-refractivity contribution is 6.33. The SMILES string of the molecule is Cc1cc(C2CCCCCN2C(=O)c2nn(C)cc2Cl)on1. The molecule has 1 saturated heterocycles. The van der Waals surface area contributed by atoms with Crippen LogP contribution in [-0.2, 0) is 7.05 Å². The Morgan fingerprint density at radius 2 is 2.23 bits per heavy atom. The molecule has 0 bridgehead atoms. The van der Waals surface area contributed by atoms with Crippen molar-refractivity contribution >= 4 is 17.5 Å². The summed E-state index contributed by atoms with van der Waals surface area (Å²) in [6.45, 7) is 2.56. The summed E-state index contributed by atoms with van der Waals surface area (Å²) in [5.41, 5.74) is 1.12. The fourth-order valence-electron chi connectivity index (χ4n) is 2.93. The van der Waals surface area contributed by atoms with Crippen molar-refractivity contribution in [2.75, 3.05) is 6.54 Å². The zero-order valence-corrected chi connectivity index (χ0v) is 13.5. The van der Waals surface area contributed by atoms with E-state index in [0.29, 0.717) is 17.3 Å². The Bertz CT molecular complexity index is 679. The molecule has 2 aromatic heterocycles. The Morgan fingerprint density at radius 1 is 1.41 bits per heavy atom. The van der Waals surface area contributed by atoms with Crippen LogP contribution in [0, 0.1) is 6.92 Å². The lowest BCUT2D eigenvalue weighted by Crippen LogP contribution is -2.35. The molecule has 2 aromatic rings. The van der Waals surface area contributed by atoms with Crippen molar-refractivity contribution in [3.05, 3.63) is 34.4 Å². The lowest BCUT2D eigenvalue weighted by molar-refractivity contribution is 0.0644. The topological polar surface area (TPSA) is 64.2 Å². The molecule has 1 unspecified atom stereocenters. The van der Waals surface area contributed by atoms with E-state index in [4.69, 9.17) is 16.1 Å². The largest absolute Gasteiger partial charge is 0.359 e. The third-order valence-electron chi connectivity index (χ3n) is 3.97. The minimum atomic E-state index is -0.147. The second-order valence-corrected chi connectivity index (χ2v) is 6.14. The highest BCUT2D eigenvalue weighted by Gasteiger charge is 2.32. The van der Waals surface area contributed by atoms with E-state index >= 15 is 0 Å². The number of carbonyl (C=O) groups excluding carboxylic acids is 1. The zero-order chi connectivity index (χ0) is 15.7. The number of hydrogen-bond acceptors (Lipinski definition) is 4. The van der Waals surface area contributed by atoms with Crippen LogP contribution >= 0.6 is 11.6 Å². The van der Waals surface area contributed by atoms with Crippen LogP contribution in [0.1, 0.15) is 53.7 Å². The lowest BCUT2D eigenvalue weighted by Gasteiger charge is -2.27. The molecular weight excluding hydrogens is 304 g/mol. The Labute approximate surface area is 134 Å². The van der Waals surface area contributed by atoms with E-state index in [9.17, 15) is 4.79 Å². The molecule has 0 spiro atoms. The van der Waals surface area contributed by atoms with Gasteiger partial charge in [0.2, 0.25) is 0 Å². The highest BCUT2D eigenvalue weighted by atomic mass is 35.5. The van der Waals surface area contributed by atoms with Gasteiger partial charge in [-0.05, 0) is 19.8 Å². The van der Waals surface area contributed by atoms with Crippen molar-refractivity contribution in [2.24, 2.45) is 7.05 Å². The van der Waals surface area contributed by atoms with Crippen LogP contribution < -0.4 is 0 Å². The molecule has 3 rings (SSSR count). The van der Waals surface area contributed by atoms with Gasteiger partial charge < -0.3 is 9.42 Å². The molecule has 0 radical (unpaired) electrons. The summed E-state index contributed by atoms with van der Waals surface area (Å²) in [4.78, 5) is 14.7. The number of amides is 1. The Kier molecular flexibility index (Phi) is 4.20. The van der Waals surface area contributed by atoms with Crippen LogP contribution in [0.25, 0.3) is 0 Å². The summed E-state index contributed by atoms with van der Waals surface area (Å²) in [6, 6.07) is 1.80. The molecule has 1 atom stereocenters. The summed E-state index contributed by atoms with van der Waals surface area (Å²) in [6.07, 6.45) is 5.64. The molecule has 0 aromatic carbocycles. The van der Waals surface area contributed by atoms with Gasteiger partial charge in [-0.2, -0.15) is 5.10 Å². The average molecular weight is 323 g/mol. The monoisotopic (exact) mass is 322 g/mol. The minimum absolute atomic E-state index is 0.103. The first-order valence-corrected chi connectivity index (χ1v) is 7.87. The first kappa shape index (κ1) is 15.1. The molecule has 0 N–H and O–H groups in total. The van der Waals surface area contributed by atoms with Gasteiger partial charge in [-0.25, -0.2) is 0 Å². The van der Waals surface area contributed by atoms with Crippen LogP contribution in [-0.4, -0.2) is 32.3 Å². The Morgan fingerprint density at radius 3 is 2.86 bits per heavy atom. The number of aryl methyl sites for hydroxylation is 2. The van der Waals surface area contributed by atoms with E-state index < -0.39 is 0 Å². The number of aromatic nitrogens is 3. The van der Waals surface area contributed by atoms with E-state index in [1.807, 2.05) is 17.9 Å². The molecule has 1 amide bonds. The second kappa shape index (κ2) is 6.12. The zero-order valence-electron chi connectivity index (χ0n) is 12.8. The first-order valence-electron chi connectivity index (χ1n) is 7.49. The molecule has 1 aliphatic heterocycles. The lowest BCUT2D eigenvalue weighted by atomic mass is 10.1. The van der Waals surface area contributed by atoms with Gasteiger partial charge in [0.15, 0.2) is 11.5 Å². The summed E-state index contributed by atoms with van der Waals surface area (Å²) in [5, 5.41) is 8.53. The summed E-state index contributed by atoms with van der Waals surface area (Å²) in [7, 11) is 1.75. The molecule has 1 aliphatic rings. The van der Waals surface area contributed by atoms with E-state index in [1.54, 1.807) is 17.9 Å². The molecule has 0 aliphatic carbocycles. The van der Waals surface area contributed by atoms with Gasteiger partial charge in [-0.3, -0.25) is 9.48 Å². The third-order valence-corrected chi connectivity index (χ3v) is 4.25. The molecule has 0 saturated carbocycles. The number of carbonyl (C=O) groups is 1. The van der Waals surface area contributed by atoms with E-state index in [1.165, 1.54) is 0 Å². The van der Waals surface area contributed by atoms with Crippen LogP contribution in [0.2, 0.25) is 5.02 Å². The maximum Gasteiger partial charge on any atom is 0.276 e. The van der Waals surface area contributed by atoms with Crippen molar-refractivity contribution in [3.8, 4) is 0 Å². The quantitative estimate of drug-likeness (QED) is 0.852. The minimum Gasteiger partial charge on any atom is -0.359 e. The number of hydrogen-bond donors (Lipinski definition) is 0. The molecule has 6 nitrogen and oxygen atoms in total. The molecular formula is C15H19ClN4O2. The Balaban J connectivity index is 1.93. The van der Waals surface area contributed by atoms with E-state index in [-0.39, 0.29) is 11.9 Å². The standard InChI is InChI=1S/C15H19ClN4O2/c1-10-8-13(22-18-10)12-6-4-3-5-7-20(12)15(21)14-11(16)9-19(2)17-14/h8-9,12H,3-7H2,1-2H3. The van der Waals surface area contributed by atoms with Crippen LogP contribution in [0.5, 0.6) is 0 Å². The van der Waals surface area contributed by atoms with Crippen molar-refractivity contribution in [1.82, 2.24) is 19.8 Å². The van der Waals surface area contributed by atoms with Crippen LogP contribution in [0.15, 0.2) is 16.8 Å². The predicted octanol–water partition coefficient (Wildman–Crippen LogP) is 3.13. The van der Waals surface area contributed by atoms with Crippen molar-refractivity contribution in [1.29, 1.82) is 0 Å². The van der Waals surface area contributed by atoms with Crippen molar-refractivity contribution < 1.29 is 9.32 Å². The maximum atomic E-state index is 12.9. The molecule has 118 valence electrons. The van der Waals surface area contributed by atoms with Crippen LogP contribution in [0.3, 0.4) is 0 Å². The number of rotatable bonds is 2. The number of nitrogens with zero attached hydrogens (tertiary/aromatic N) is 4. The Hall–Kier alpha value is -1.82. The van der Waals surface area contributed by atoms with Gasteiger partial charge in [0, 0.05) is 25.9 Å². The van der Waals surface area contributed by atoms with Gasteiger partial charge in [-0.1, -0.05) is 29.6 Å². The normalized spacial score (nSPS) is 19.2. The molecule has 3 heterocycles. The molecule has 22 heavy (non-hydrogen) atoms. The number of halogens is 1. The van der Waals surface area contributed by atoms with Gasteiger partial charge in [0.25, 0.3) is 5.91 Å². The van der Waals surface area contributed by atoms with Gasteiger partial charge in [-0.15, -0.1) is 0 Å². The van der Waals surface area contributed by atoms with Crippen LogP contribution in [0.4, 0.5) is 0 Å². The van der Waals surface area contributed by atoms with Gasteiger partial charge >= 0.3 is 0 Å². The first-order chi connectivity index (χ1) is 10.6. The average Bonchev–Trinajstić information content (AvgIpc) is 2.95. The third kappa shape index (κ3) is 2.88. The smallest absolute Gasteiger partial charge is 0.276 e. The fourth-order valence-corrected chi connectivity index (χ4v) is 3.19. The van der Waals surface area contributed by atoms with Crippen molar-refractivity contribution in [3.63, 3.8) is 0 Å².